The first-order valence-electron chi connectivity index (χ1n) is 13.1. The lowest BCUT2D eigenvalue weighted by Crippen LogP contribution is -2.37. The lowest BCUT2D eigenvalue weighted by Gasteiger charge is -2.19. The molecule has 2 unspecified atom stereocenters. The number of amides is 2. The van der Waals surface area contributed by atoms with Gasteiger partial charge in [0.05, 0.1) is 15.9 Å². The minimum atomic E-state index is -4.73. The Morgan fingerprint density at radius 3 is 1.86 bits per heavy atom. The minimum absolute atomic E-state index is 0.0362. The molecule has 220 valence electrons. The summed E-state index contributed by atoms with van der Waals surface area (Å²) in [6.07, 6.45) is -1.79. The van der Waals surface area contributed by atoms with Crippen molar-refractivity contribution in [3.8, 4) is 0 Å². The largest absolute Gasteiger partial charge is 0.339 e. The van der Waals surface area contributed by atoms with Crippen molar-refractivity contribution in [3.63, 3.8) is 0 Å². The number of hydrogen-bond acceptors (Lipinski definition) is 10. The van der Waals surface area contributed by atoms with Crippen LogP contribution in [0.2, 0.25) is 0 Å². The molecule has 2 atom stereocenters. The van der Waals surface area contributed by atoms with Crippen molar-refractivity contribution in [2.45, 2.75) is 22.4 Å². The molecular formula is C30H19N2O10S2+. The van der Waals surface area contributed by atoms with Gasteiger partial charge in [0.15, 0.2) is 5.78 Å². The van der Waals surface area contributed by atoms with Crippen LogP contribution in [0.4, 0.5) is 0 Å². The maximum absolute atomic E-state index is 13.5. The van der Waals surface area contributed by atoms with Crippen LogP contribution in [0, 0.1) is 10.8 Å². The number of carbonyl (C=O) groups is 3. The van der Waals surface area contributed by atoms with Gasteiger partial charge in [0.25, 0.3) is 11.8 Å². The Hall–Kier alpha value is -4.89. The van der Waals surface area contributed by atoms with Crippen LogP contribution in [-0.2, 0) is 43.1 Å². The normalized spacial score (nSPS) is 20.5. The molecule has 2 amide bonds. The molecule has 14 heteroatoms. The highest BCUT2D eigenvalue weighted by atomic mass is 32.2. The van der Waals surface area contributed by atoms with E-state index in [-0.39, 0.29) is 36.1 Å². The molecule has 0 fully saturated rings. The first kappa shape index (κ1) is 27.9. The van der Waals surface area contributed by atoms with Gasteiger partial charge in [-0.1, -0.05) is 72.8 Å². The zero-order valence-electron chi connectivity index (χ0n) is 22.3. The van der Waals surface area contributed by atoms with E-state index in [2.05, 4.69) is 0 Å². The Labute approximate surface area is 249 Å². The zero-order valence-corrected chi connectivity index (χ0v) is 23.9. The molecule has 0 radical (unpaired) electrons. The first-order chi connectivity index (χ1) is 21.0. The minimum Gasteiger partial charge on any atom is -0.298 e. The standard InChI is InChI=1S/C30H19N2O10S2/c33-23-15-21-26(29(35)32(28(21)34)42-44(39,40)25-14-6-10-18-8-2-4-12-20(18)25)22-16-31(36)30(27(22)23)41-43(37,38)24-13-5-9-17-7-1-3-11-19(17)24/h1-14,16,27,30H,15H2/q+1. The number of imide groups is 1. The van der Waals surface area contributed by atoms with Gasteiger partial charge in [-0.25, -0.2) is 0 Å². The van der Waals surface area contributed by atoms with E-state index in [1.54, 1.807) is 54.6 Å². The topological polar surface area (TPSA) is 161 Å². The fraction of sp³-hybridized carbons (Fsp3) is 0.100. The maximum atomic E-state index is 13.5. The molecule has 4 aromatic rings. The SMILES string of the molecule is O=C1CC2=C(C(=O)N(OS(=O)(=O)c3cccc4ccccc34)C2=O)C2=C[N+](=O)C(OS(=O)(=O)c3cccc4ccccc34)C12. The van der Waals surface area contributed by atoms with Crippen LogP contribution in [0.25, 0.3) is 21.5 Å². The highest BCUT2D eigenvalue weighted by Crippen LogP contribution is 2.45. The van der Waals surface area contributed by atoms with Crippen molar-refractivity contribution in [1.29, 1.82) is 0 Å². The molecule has 12 nitrogen and oxygen atoms in total. The maximum Gasteiger partial charge on any atom is 0.339 e. The molecule has 7 rings (SSSR count). The number of rotatable bonds is 6. The van der Waals surface area contributed by atoms with E-state index in [4.69, 9.17) is 8.47 Å². The molecule has 44 heavy (non-hydrogen) atoms. The summed E-state index contributed by atoms with van der Waals surface area (Å²) in [5.41, 5.74) is -1.06. The summed E-state index contributed by atoms with van der Waals surface area (Å²) in [6, 6.07) is 22.0. The second kappa shape index (κ2) is 9.82. The zero-order chi connectivity index (χ0) is 31.0. The van der Waals surface area contributed by atoms with Crippen molar-refractivity contribution in [2.75, 3.05) is 0 Å². The van der Waals surface area contributed by atoms with Gasteiger partial charge in [0, 0.05) is 27.7 Å². The van der Waals surface area contributed by atoms with Gasteiger partial charge in [0.1, 0.15) is 15.7 Å². The highest BCUT2D eigenvalue weighted by Gasteiger charge is 2.59. The van der Waals surface area contributed by atoms with E-state index in [0.29, 0.717) is 16.2 Å². The lowest BCUT2D eigenvalue weighted by atomic mass is 9.80. The number of fused-ring (bicyclic) bond motifs is 4. The smallest absolute Gasteiger partial charge is 0.298 e. The summed E-state index contributed by atoms with van der Waals surface area (Å²) in [6.45, 7) is 0. The first-order valence-corrected chi connectivity index (χ1v) is 16.0. The Morgan fingerprint density at radius 1 is 0.705 bits per heavy atom. The number of nitroso groups, excluding NO2 is 1. The van der Waals surface area contributed by atoms with Gasteiger partial charge in [-0.2, -0.15) is 21.0 Å². The fourth-order valence-corrected chi connectivity index (χ4v) is 8.13. The van der Waals surface area contributed by atoms with E-state index in [9.17, 15) is 36.1 Å². The number of ketones is 1. The number of benzene rings is 4. The monoisotopic (exact) mass is 631 g/mol. The van der Waals surface area contributed by atoms with E-state index >= 15 is 0 Å². The molecule has 0 spiro atoms. The van der Waals surface area contributed by atoms with Gasteiger partial charge < -0.3 is 0 Å². The second-order valence-corrected chi connectivity index (χ2v) is 13.3. The number of hydroxylamine groups is 2. The van der Waals surface area contributed by atoms with Gasteiger partial charge in [0.2, 0.25) is 6.20 Å². The summed E-state index contributed by atoms with van der Waals surface area (Å²) >= 11 is 0. The average Bonchev–Trinajstić information content (AvgIpc) is 3.44. The van der Waals surface area contributed by atoms with Crippen molar-refractivity contribution in [1.82, 2.24) is 5.06 Å². The Morgan fingerprint density at radius 2 is 1.25 bits per heavy atom. The summed E-state index contributed by atoms with van der Waals surface area (Å²) in [7, 11) is -9.35. The third kappa shape index (κ3) is 4.22. The summed E-state index contributed by atoms with van der Waals surface area (Å²) < 4.78 is 63.7. The number of hydrogen-bond donors (Lipinski definition) is 0. The average molecular weight is 632 g/mol. The van der Waals surface area contributed by atoms with Crippen molar-refractivity contribution in [2.24, 2.45) is 5.92 Å². The molecular weight excluding hydrogens is 612 g/mol. The Balaban J connectivity index is 1.19. The van der Waals surface area contributed by atoms with Crippen LogP contribution in [0.3, 0.4) is 0 Å². The van der Waals surface area contributed by atoms with Gasteiger partial charge >= 0.3 is 26.5 Å². The van der Waals surface area contributed by atoms with Crippen LogP contribution in [0.15, 0.2) is 118 Å². The van der Waals surface area contributed by atoms with Crippen molar-refractivity contribution < 1.29 is 44.4 Å². The third-order valence-electron chi connectivity index (χ3n) is 7.70. The predicted molar refractivity (Wildman–Crippen MR) is 152 cm³/mol. The summed E-state index contributed by atoms with van der Waals surface area (Å²) in [5.74, 6) is -4.73. The molecule has 0 saturated heterocycles. The highest BCUT2D eigenvalue weighted by molar-refractivity contribution is 7.87. The van der Waals surface area contributed by atoms with E-state index in [1.807, 2.05) is 0 Å². The molecule has 0 bridgehead atoms. The van der Waals surface area contributed by atoms with E-state index in [0.717, 1.165) is 6.20 Å². The Bertz CT molecular complexity index is 2280. The van der Waals surface area contributed by atoms with Crippen LogP contribution in [0.5, 0.6) is 0 Å². The summed E-state index contributed by atoms with van der Waals surface area (Å²) in [5, 5.41) is 1.82. The number of nitrogens with zero attached hydrogens (tertiary/aromatic N) is 2. The molecule has 4 aromatic carbocycles. The number of Topliss-reactive ketones (excluding diaryl/α,β-unsaturated/α-hetero) is 1. The number of carbonyl (C=O) groups excluding carboxylic acids is 3. The molecule has 2 heterocycles. The van der Waals surface area contributed by atoms with Crippen LogP contribution >= 0.6 is 0 Å². The summed E-state index contributed by atoms with van der Waals surface area (Å²) in [4.78, 5) is 52.4. The van der Waals surface area contributed by atoms with Crippen molar-refractivity contribution in [3.05, 3.63) is 113 Å². The molecule has 0 aromatic heterocycles. The fourth-order valence-electron chi connectivity index (χ4n) is 5.76. The predicted octanol–water partition coefficient (Wildman–Crippen LogP) is 3.28. The van der Waals surface area contributed by atoms with Crippen molar-refractivity contribution >= 4 is 59.4 Å². The molecule has 3 aliphatic rings. The van der Waals surface area contributed by atoms with Crippen LogP contribution < -0.4 is 0 Å². The Kier molecular flexibility index (Phi) is 6.23. The van der Waals surface area contributed by atoms with Crippen LogP contribution in [0.1, 0.15) is 6.42 Å². The van der Waals surface area contributed by atoms with Crippen LogP contribution in [-0.4, -0.2) is 50.5 Å². The third-order valence-corrected chi connectivity index (χ3v) is 10.3. The molecule has 2 aliphatic heterocycles. The second-order valence-electron chi connectivity index (χ2n) is 10.2. The van der Waals surface area contributed by atoms with Gasteiger partial charge in [-0.15, -0.1) is 9.35 Å². The van der Waals surface area contributed by atoms with E-state index < -0.39 is 62.0 Å². The van der Waals surface area contributed by atoms with Gasteiger partial charge in [-0.05, 0) is 22.9 Å². The molecule has 1 aliphatic carbocycles. The van der Waals surface area contributed by atoms with Gasteiger partial charge in [-0.3, -0.25) is 14.4 Å². The van der Waals surface area contributed by atoms with E-state index in [1.165, 1.54) is 30.3 Å². The lowest BCUT2D eigenvalue weighted by molar-refractivity contribution is -0.555. The molecule has 0 saturated carbocycles. The quantitative estimate of drug-likeness (QED) is 0.175. The molecule has 0 N–H and O–H groups in total.